The van der Waals surface area contributed by atoms with E-state index in [2.05, 4.69) is 33.5 Å². The van der Waals surface area contributed by atoms with Gasteiger partial charge in [-0.2, -0.15) is 0 Å². The van der Waals surface area contributed by atoms with Gasteiger partial charge in [-0.1, -0.05) is 18.2 Å². The summed E-state index contributed by atoms with van der Waals surface area (Å²) < 4.78 is 7.96. The number of amides is 2. The molecule has 2 aromatic carbocycles. The number of nitrogens with two attached hydrogens (primary N) is 1. The molecule has 0 spiro atoms. The zero-order valence-corrected chi connectivity index (χ0v) is 18.3. The van der Waals surface area contributed by atoms with Crippen LogP contribution in [0, 0.1) is 0 Å². The third-order valence-electron chi connectivity index (χ3n) is 5.29. The summed E-state index contributed by atoms with van der Waals surface area (Å²) in [5, 5.41) is 6.91. The van der Waals surface area contributed by atoms with E-state index < -0.39 is 5.91 Å². The van der Waals surface area contributed by atoms with Crippen molar-refractivity contribution in [3.05, 3.63) is 71.6 Å². The van der Waals surface area contributed by atoms with Crippen molar-refractivity contribution >= 4 is 46.1 Å². The van der Waals surface area contributed by atoms with Crippen molar-refractivity contribution in [3.63, 3.8) is 0 Å². The molecule has 7 nitrogen and oxygen atoms in total. The molecule has 0 atom stereocenters. The monoisotopic (exact) mass is 448 g/mol. The fourth-order valence-electron chi connectivity index (χ4n) is 3.68. The maximum atomic E-state index is 12.0. The van der Waals surface area contributed by atoms with E-state index >= 15 is 0 Å². The van der Waals surface area contributed by atoms with Gasteiger partial charge < -0.3 is 20.4 Å². The molecule has 1 saturated heterocycles. The molecule has 8 heteroatoms. The first-order valence-electron chi connectivity index (χ1n) is 10.5. The minimum atomic E-state index is -0.445. The molecule has 0 bridgehead atoms. The number of aromatic nitrogens is 1. The van der Waals surface area contributed by atoms with Gasteiger partial charge in [0.2, 0.25) is 5.91 Å². The molecule has 1 aromatic heterocycles. The maximum Gasteiger partial charge on any atom is 0.273 e. The number of carbonyl (C=O) groups excluding carboxylic acids is 2. The zero-order valence-electron chi connectivity index (χ0n) is 17.5. The summed E-state index contributed by atoms with van der Waals surface area (Å²) in [7, 11) is 0. The number of thiocarbonyl (C=S) groups is 1. The normalized spacial score (nSPS) is 14.6. The van der Waals surface area contributed by atoms with E-state index in [0.29, 0.717) is 23.0 Å². The number of carbonyl (C=O) groups is 2. The lowest BCUT2D eigenvalue weighted by atomic mass is 10.1. The molecule has 0 unspecified atom stereocenters. The molecule has 1 fully saturated rings. The molecular formula is C24H24N4O3S. The van der Waals surface area contributed by atoms with E-state index in [1.54, 1.807) is 24.3 Å². The largest absolute Gasteiger partial charge is 0.494 e. The molecule has 4 N–H and O–H groups in total. The number of benzene rings is 2. The molecule has 2 amide bonds. The van der Waals surface area contributed by atoms with Gasteiger partial charge in [-0.05, 0) is 67.9 Å². The Morgan fingerprint density at radius 1 is 1.06 bits per heavy atom. The van der Waals surface area contributed by atoms with E-state index in [1.165, 1.54) is 0 Å². The number of unbranched alkanes of at least 4 members (excludes halogenated alkanes) is 2. The minimum Gasteiger partial charge on any atom is -0.494 e. The Kier molecular flexibility index (Phi) is 6.51. The predicted molar refractivity (Wildman–Crippen MR) is 128 cm³/mol. The average molecular weight is 449 g/mol. The topological polar surface area (TPSA) is 98.4 Å². The number of rotatable bonds is 9. The standard InChI is InChI=1S/C24H24N4O3S/c25-22(29)16-8-10-18(11-9-16)31-13-5-1-4-12-28-15-17(19-6-2-3-7-21(19)28)14-20-23(30)27-24(32)26-20/h2-3,6-11,14-15H,1,4-5,12-13H2,(H2,25,29)(H2,26,27,30,32)/b20-14-. The van der Waals surface area contributed by atoms with Gasteiger partial charge >= 0.3 is 0 Å². The Bertz CT molecular complexity index is 1200. The van der Waals surface area contributed by atoms with Crippen LogP contribution in [0.2, 0.25) is 0 Å². The summed E-state index contributed by atoms with van der Waals surface area (Å²) >= 11 is 5.01. The van der Waals surface area contributed by atoms with Crippen LogP contribution in [0.15, 0.2) is 60.4 Å². The van der Waals surface area contributed by atoms with Crippen LogP contribution in [0.3, 0.4) is 0 Å². The highest BCUT2D eigenvalue weighted by molar-refractivity contribution is 7.80. The molecule has 32 heavy (non-hydrogen) atoms. The van der Waals surface area contributed by atoms with E-state index in [4.69, 9.17) is 22.7 Å². The van der Waals surface area contributed by atoms with Crippen molar-refractivity contribution in [2.75, 3.05) is 6.61 Å². The first-order chi connectivity index (χ1) is 15.5. The molecule has 0 aliphatic carbocycles. The number of nitrogens with zero attached hydrogens (tertiary/aromatic N) is 1. The second-order valence-corrected chi connectivity index (χ2v) is 7.97. The number of primary amides is 1. The van der Waals surface area contributed by atoms with Gasteiger partial charge in [0.25, 0.3) is 5.91 Å². The first kappa shape index (κ1) is 21.6. The van der Waals surface area contributed by atoms with E-state index in [-0.39, 0.29) is 5.91 Å². The second kappa shape index (κ2) is 9.65. The average Bonchev–Trinajstić information content (AvgIpc) is 3.30. The van der Waals surface area contributed by atoms with E-state index in [0.717, 1.165) is 48.0 Å². The number of fused-ring (bicyclic) bond motifs is 1. The van der Waals surface area contributed by atoms with Crippen LogP contribution >= 0.6 is 12.2 Å². The second-order valence-electron chi connectivity index (χ2n) is 7.56. The third-order valence-corrected chi connectivity index (χ3v) is 5.49. The lowest BCUT2D eigenvalue weighted by molar-refractivity contribution is -0.115. The van der Waals surface area contributed by atoms with Gasteiger partial charge in [0, 0.05) is 34.8 Å². The highest BCUT2D eigenvalue weighted by Crippen LogP contribution is 2.24. The van der Waals surface area contributed by atoms with Crippen molar-refractivity contribution in [3.8, 4) is 5.75 Å². The summed E-state index contributed by atoms with van der Waals surface area (Å²) in [6, 6.07) is 15.0. The predicted octanol–water partition coefficient (Wildman–Crippen LogP) is 3.33. The van der Waals surface area contributed by atoms with Crippen molar-refractivity contribution in [2.45, 2.75) is 25.8 Å². The number of nitrogens with one attached hydrogen (secondary N) is 2. The van der Waals surface area contributed by atoms with Crippen molar-refractivity contribution in [1.82, 2.24) is 15.2 Å². The van der Waals surface area contributed by atoms with Gasteiger partial charge in [-0.25, -0.2) is 0 Å². The van der Waals surface area contributed by atoms with E-state index in [9.17, 15) is 9.59 Å². The van der Waals surface area contributed by atoms with E-state index in [1.807, 2.05) is 18.2 Å². The number of para-hydroxylation sites is 1. The van der Waals surface area contributed by atoms with Gasteiger partial charge in [0.1, 0.15) is 11.4 Å². The number of ether oxygens (including phenoxy) is 1. The van der Waals surface area contributed by atoms with Gasteiger partial charge in [-0.3, -0.25) is 14.9 Å². The Hall–Kier alpha value is -3.65. The molecule has 2 heterocycles. The van der Waals surface area contributed by atoms with Crippen LogP contribution in [-0.4, -0.2) is 28.1 Å². The van der Waals surface area contributed by atoms with Gasteiger partial charge in [0.15, 0.2) is 5.11 Å². The molecule has 1 aliphatic rings. The summed E-state index contributed by atoms with van der Waals surface area (Å²) in [6.07, 6.45) is 6.85. The third kappa shape index (κ3) is 4.97. The van der Waals surface area contributed by atoms with Gasteiger partial charge in [-0.15, -0.1) is 0 Å². The quantitative estimate of drug-likeness (QED) is 0.265. The lowest BCUT2D eigenvalue weighted by Gasteiger charge is -2.08. The Morgan fingerprint density at radius 3 is 2.56 bits per heavy atom. The summed E-state index contributed by atoms with van der Waals surface area (Å²) in [5.74, 6) is 0.0730. The fourth-order valence-corrected chi connectivity index (χ4v) is 3.88. The number of aryl methyl sites for hydroxylation is 1. The SMILES string of the molecule is NC(=O)c1ccc(OCCCCCn2cc(/C=C3\NC(=S)NC3=O)c3ccccc32)cc1. The van der Waals surface area contributed by atoms with Crippen LogP contribution in [0.1, 0.15) is 35.2 Å². The van der Waals surface area contributed by atoms with Crippen molar-refractivity contribution in [2.24, 2.45) is 5.73 Å². The summed E-state index contributed by atoms with van der Waals surface area (Å²) in [4.78, 5) is 23.1. The zero-order chi connectivity index (χ0) is 22.5. The van der Waals surface area contributed by atoms with Crippen LogP contribution in [0.25, 0.3) is 17.0 Å². The van der Waals surface area contributed by atoms with Crippen LogP contribution in [0.5, 0.6) is 5.75 Å². The Morgan fingerprint density at radius 2 is 1.84 bits per heavy atom. The Labute approximate surface area is 191 Å². The number of hydrogen-bond donors (Lipinski definition) is 3. The summed E-state index contributed by atoms with van der Waals surface area (Å²) in [5.41, 5.74) is 8.28. The first-order valence-corrected chi connectivity index (χ1v) is 10.9. The highest BCUT2D eigenvalue weighted by atomic mass is 32.1. The maximum absolute atomic E-state index is 12.0. The Balaban J connectivity index is 1.32. The minimum absolute atomic E-state index is 0.212. The molecular weight excluding hydrogens is 424 g/mol. The van der Waals surface area contributed by atoms with Crippen LogP contribution < -0.4 is 21.1 Å². The molecule has 1 aliphatic heterocycles. The van der Waals surface area contributed by atoms with Crippen LogP contribution in [-0.2, 0) is 11.3 Å². The van der Waals surface area contributed by atoms with Crippen molar-refractivity contribution < 1.29 is 14.3 Å². The molecule has 0 radical (unpaired) electrons. The molecule has 3 aromatic rings. The van der Waals surface area contributed by atoms with Gasteiger partial charge in [0.05, 0.1) is 6.61 Å². The summed E-state index contributed by atoms with van der Waals surface area (Å²) in [6.45, 7) is 1.48. The number of hydrogen-bond acceptors (Lipinski definition) is 4. The smallest absolute Gasteiger partial charge is 0.273 e. The molecule has 0 saturated carbocycles. The fraction of sp³-hybridized carbons (Fsp3) is 0.208. The van der Waals surface area contributed by atoms with Crippen LogP contribution in [0.4, 0.5) is 0 Å². The highest BCUT2D eigenvalue weighted by Gasteiger charge is 2.20. The molecule has 164 valence electrons. The molecule has 4 rings (SSSR count). The van der Waals surface area contributed by atoms with Crippen molar-refractivity contribution in [1.29, 1.82) is 0 Å². The lowest BCUT2D eigenvalue weighted by Crippen LogP contribution is -2.21.